The van der Waals surface area contributed by atoms with Crippen molar-refractivity contribution in [1.29, 1.82) is 0 Å². The fourth-order valence-electron chi connectivity index (χ4n) is 2.83. The highest BCUT2D eigenvalue weighted by atomic mass is 32.1. The Balaban J connectivity index is 1.47. The summed E-state index contributed by atoms with van der Waals surface area (Å²) >= 11 is 1.37. The quantitative estimate of drug-likeness (QED) is 0.487. The maximum atomic E-state index is 13.3. The van der Waals surface area contributed by atoms with E-state index in [1.165, 1.54) is 46.2 Å². The van der Waals surface area contributed by atoms with Gasteiger partial charge >= 0.3 is 0 Å². The van der Waals surface area contributed by atoms with Crippen molar-refractivity contribution in [2.75, 3.05) is 5.32 Å². The predicted molar refractivity (Wildman–Crippen MR) is 116 cm³/mol. The molecule has 0 saturated carbocycles. The molecule has 2 aromatic heterocycles. The molecule has 2 aromatic carbocycles. The lowest BCUT2D eigenvalue weighted by Crippen LogP contribution is -2.16. The molecule has 4 rings (SSSR count). The van der Waals surface area contributed by atoms with Gasteiger partial charge in [0, 0.05) is 29.3 Å². The number of carbonyl (C=O) groups excluding carboxylic acids is 1. The number of amides is 1. The summed E-state index contributed by atoms with van der Waals surface area (Å²) in [6.07, 6.45) is 0. The van der Waals surface area contributed by atoms with Crippen LogP contribution >= 0.6 is 11.3 Å². The van der Waals surface area contributed by atoms with Crippen LogP contribution in [0.4, 0.5) is 10.1 Å². The molecule has 1 amide bonds. The topological polar surface area (TPSA) is 85.6 Å². The van der Waals surface area contributed by atoms with Crippen LogP contribution in [0.2, 0.25) is 0 Å². The van der Waals surface area contributed by atoms with Gasteiger partial charge in [-0.25, -0.2) is 9.37 Å². The van der Waals surface area contributed by atoms with Crippen LogP contribution in [0.5, 0.6) is 5.75 Å². The standard InChI is InChI=1S/C22H19FN4O3S/c1-13(2)21-26-27-19(28)11-17(25-22(27)31-21)12-30-18-8-4-7-16(10-18)24-20(29)14-5-3-6-15(23)9-14/h3-11,13H,12H2,1-2H3,(H,24,29). The molecule has 0 radical (unpaired) electrons. The molecule has 0 spiro atoms. The predicted octanol–water partition coefficient (Wildman–Crippen LogP) is 4.24. The van der Waals surface area contributed by atoms with Crippen molar-refractivity contribution < 1.29 is 13.9 Å². The first-order valence-corrected chi connectivity index (χ1v) is 10.4. The van der Waals surface area contributed by atoms with Crippen molar-refractivity contribution in [3.05, 3.63) is 87.0 Å². The van der Waals surface area contributed by atoms with Gasteiger partial charge in [0.25, 0.3) is 11.5 Å². The van der Waals surface area contributed by atoms with Crippen LogP contribution in [-0.4, -0.2) is 20.5 Å². The fourth-order valence-corrected chi connectivity index (χ4v) is 3.76. The number of nitrogens with one attached hydrogen (secondary N) is 1. The fraction of sp³-hybridized carbons (Fsp3) is 0.182. The molecule has 0 saturated heterocycles. The van der Waals surface area contributed by atoms with Gasteiger partial charge in [-0.15, -0.1) is 0 Å². The van der Waals surface area contributed by atoms with Crippen LogP contribution in [0.1, 0.15) is 40.8 Å². The molecule has 0 fully saturated rings. The Morgan fingerprint density at radius 3 is 2.77 bits per heavy atom. The van der Waals surface area contributed by atoms with E-state index < -0.39 is 11.7 Å². The zero-order valence-corrected chi connectivity index (χ0v) is 17.6. The first-order chi connectivity index (χ1) is 14.9. The van der Waals surface area contributed by atoms with Gasteiger partial charge in [0.1, 0.15) is 23.2 Å². The summed E-state index contributed by atoms with van der Waals surface area (Å²) < 4.78 is 20.4. The Labute approximate surface area is 181 Å². The second-order valence-electron chi connectivity index (χ2n) is 7.16. The number of nitrogens with zero attached hydrogens (tertiary/aromatic N) is 3. The van der Waals surface area contributed by atoms with Crippen molar-refractivity contribution in [3.8, 4) is 5.75 Å². The molecule has 7 nitrogen and oxygen atoms in total. The van der Waals surface area contributed by atoms with E-state index >= 15 is 0 Å². The number of hydrogen-bond acceptors (Lipinski definition) is 6. The van der Waals surface area contributed by atoms with Gasteiger partial charge in [-0.05, 0) is 30.3 Å². The summed E-state index contributed by atoms with van der Waals surface area (Å²) in [7, 11) is 0. The Morgan fingerprint density at radius 1 is 1.19 bits per heavy atom. The highest BCUT2D eigenvalue weighted by Crippen LogP contribution is 2.21. The lowest BCUT2D eigenvalue weighted by atomic mass is 10.2. The number of fused-ring (bicyclic) bond motifs is 1. The van der Waals surface area contributed by atoms with E-state index in [2.05, 4.69) is 15.4 Å². The minimum absolute atomic E-state index is 0.0853. The van der Waals surface area contributed by atoms with E-state index in [4.69, 9.17) is 4.74 Å². The molecule has 0 bridgehead atoms. The smallest absolute Gasteiger partial charge is 0.275 e. The van der Waals surface area contributed by atoms with Gasteiger partial charge < -0.3 is 10.1 Å². The molecule has 0 unspecified atom stereocenters. The highest BCUT2D eigenvalue weighted by Gasteiger charge is 2.12. The van der Waals surface area contributed by atoms with Gasteiger partial charge in [0.2, 0.25) is 4.96 Å². The molecular weight excluding hydrogens is 419 g/mol. The van der Waals surface area contributed by atoms with Crippen LogP contribution in [0.25, 0.3) is 4.96 Å². The van der Waals surface area contributed by atoms with E-state index in [1.807, 2.05) is 13.8 Å². The molecule has 0 aliphatic carbocycles. The SMILES string of the molecule is CC(C)c1nn2c(=O)cc(COc3cccc(NC(=O)c4cccc(F)c4)c3)nc2s1. The monoisotopic (exact) mass is 438 g/mol. The van der Waals surface area contributed by atoms with Crippen LogP contribution < -0.4 is 15.6 Å². The molecule has 0 atom stereocenters. The molecule has 9 heteroatoms. The van der Waals surface area contributed by atoms with Crippen LogP contribution in [0.3, 0.4) is 0 Å². The lowest BCUT2D eigenvalue weighted by Gasteiger charge is -2.09. The minimum atomic E-state index is -0.480. The van der Waals surface area contributed by atoms with Gasteiger partial charge in [-0.3, -0.25) is 9.59 Å². The van der Waals surface area contributed by atoms with Crippen LogP contribution in [0.15, 0.2) is 59.4 Å². The summed E-state index contributed by atoms with van der Waals surface area (Å²) in [4.78, 5) is 29.6. The molecular formula is C22H19FN4O3S. The van der Waals surface area contributed by atoms with E-state index in [1.54, 1.807) is 24.3 Å². The third-order valence-corrected chi connectivity index (χ3v) is 5.58. The average molecular weight is 438 g/mol. The minimum Gasteiger partial charge on any atom is -0.487 e. The van der Waals surface area contributed by atoms with Crippen molar-refractivity contribution in [1.82, 2.24) is 14.6 Å². The second kappa shape index (κ2) is 8.65. The summed E-state index contributed by atoms with van der Waals surface area (Å²) in [5, 5.41) is 7.84. The summed E-state index contributed by atoms with van der Waals surface area (Å²) in [5.74, 6) is -0.211. The molecule has 0 aliphatic heterocycles. The lowest BCUT2D eigenvalue weighted by molar-refractivity contribution is 0.102. The van der Waals surface area contributed by atoms with Crippen LogP contribution in [0, 0.1) is 5.82 Å². The van der Waals surface area contributed by atoms with Gasteiger partial charge in [-0.1, -0.05) is 37.3 Å². The Kier molecular flexibility index (Phi) is 5.77. The molecule has 2 heterocycles. The van der Waals surface area contributed by atoms with Gasteiger partial charge in [0.15, 0.2) is 0 Å². The number of hydrogen-bond donors (Lipinski definition) is 1. The summed E-state index contributed by atoms with van der Waals surface area (Å²) in [6, 6.07) is 13.6. The number of halogens is 1. The first kappa shape index (κ1) is 20.7. The molecule has 0 aliphatic rings. The van der Waals surface area contributed by atoms with Gasteiger partial charge in [0.05, 0.1) is 5.69 Å². The maximum Gasteiger partial charge on any atom is 0.275 e. The van der Waals surface area contributed by atoms with E-state index in [9.17, 15) is 14.0 Å². The second-order valence-corrected chi connectivity index (χ2v) is 8.14. The number of benzene rings is 2. The number of anilines is 1. The van der Waals surface area contributed by atoms with E-state index in [0.29, 0.717) is 22.1 Å². The maximum absolute atomic E-state index is 13.3. The van der Waals surface area contributed by atoms with E-state index in [0.717, 1.165) is 5.01 Å². The molecule has 31 heavy (non-hydrogen) atoms. The summed E-state index contributed by atoms with van der Waals surface area (Å²) in [6.45, 7) is 4.10. The van der Waals surface area contributed by atoms with Crippen molar-refractivity contribution in [2.45, 2.75) is 26.4 Å². The van der Waals surface area contributed by atoms with Crippen LogP contribution in [-0.2, 0) is 6.61 Å². The first-order valence-electron chi connectivity index (χ1n) is 9.58. The zero-order valence-electron chi connectivity index (χ0n) is 16.8. The van der Waals surface area contributed by atoms with Crippen molar-refractivity contribution in [3.63, 3.8) is 0 Å². The number of carbonyl (C=O) groups is 1. The third kappa shape index (κ3) is 4.77. The van der Waals surface area contributed by atoms with Gasteiger partial charge in [-0.2, -0.15) is 9.61 Å². The third-order valence-electron chi connectivity index (χ3n) is 4.37. The Hall–Kier alpha value is -3.59. The molecule has 4 aromatic rings. The average Bonchev–Trinajstić information content (AvgIpc) is 3.18. The Bertz CT molecular complexity index is 1320. The largest absolute Gasteiger partial charge is 0.487 e. The van der Waals surface area contributed by atoms with Crippen molar-refractivity contribution in [2.24, 2.45) is 0 Å². The molecule has 158 valence electrons. The van der Waals surface area contributed by atoms with Crippen molar-refractivity contribution >= 4 is 27.9 Å². The number of ether oxygens (including phenoxy) is 1. The Morgan fingerprint density at radius 2 is 2.00 bits per heavy atom. The number of aromatic nitrogens is 3. The zero-order chi connectivity index (χ0) is 22.0. The normalized spacial score (nSPS) is 11.1. The molecule has 1 N–H and O–H groups in total. The summed E-state index contributed by atoms with van der Waals surface area (Å²) in [5.41, 5.74) is 0.940. The highest BCUT2D eigenvalue weighted by molar-refractivity contribution is 7.16. The van der Waals surface area contributed by atoms with E-state index in [-0.39, 0.29) is 23.6 Å². The number of rotatable bonds is 6.